The van der Waals surface area contributed by atoms with Crippen molar-refractivity contribution in [1.29, 1.82) is 0 Å². The van der Waals surface area contributed by atoms with Gasteiger partial charge >= 0.3 is 0 Å². The summed E-state index contributed by atoms with van der Waals surface area (Å²) in [6.07, 6.45) is 0. The Morgan fingerprint density at radius 3 is 1.22 bits per heavy atom. The molecule has 0 aliphatic rings. The summed E-state index contributed by atoms with van der Waals surface area (Å²) in [6.45, 7) is 0. The minimum Gasteiger partial charge on any atom is -0.277 e. The molecule has 0 fully saturated rings. The van der Waals surface area contributed by atoms with E-state index < -0.39 is 0 Å². The molecule has 0 unspecified atom stereocenters. The summed E-state index contributed by atoms with van der Waals surface area (Å²) in [5, 5.41) is 2.21. The molecule has 0 spiro atoms. The number of hydrogen-bond acceptors (Lipinski definition) is 5. The van der Waals surface area contributed by atoms with Gasteiger partial charge in [0.15, 0.2) is 23.3 Å². The predicted molar refractivity (Wildman–Crippen MR) is 222 cm³/mol. The second-order valence-electron chi connectivity index (χ2n) is 13.4. The molecule has 0 radical (unpaired) electrons. The molecule has 55 heavy (non-hydrogen) atoms. The van der Waals surface area contributed by atoms with E-state index in [2.05, 4.69) is 114 Å². The van der Waals surface area contributed by atoms with Crippen LogP contribution in [0.4, 0.5) is 0 Å². The van der Waals surface area contributed by atoms with Gasteiger partial charge in [-0.2, -0.15) is 0 Å². The molecule has 6 heteroatoms. The number of nitrogens with zero attached hydrogens (tertiary/aromatic N) is 6. The third-order valence-electron chi connectivity index (χ3n) is 9.87. The Balaban J connectivity index is 1.10. The van der Waals surface area contributed by atoms with Crippen molar-refractivity contribution in [1.82, 2.24) is 29.3 Å². The van der Waals surface area contributed by atoms with Gasteiger partial charge < -0.3 is 0 Å². The zero-order chi connectivity index (χ0) is 36.6. The molecule has 10 aromatic rings. The molecule has 6 nitrogen and oxygen atoms in total. The summed E-state index contributed by atoms with van der Waals surface area (Å²) in [4.78, 5) is 25.2. The first-order valence-electron chi connectivity index (χ1n) is 18.3. The van der Waals surface area contributed by atoms with Gasteiger partial charge in [0.1, 0.15) is 11.5 Å². The van der Waals surface area contributed by atoms with Crippen LogP contribution in [0.5, 0.6) is 0 Å². The Bertz CT molecular complexity index is 2890. The molecule has 0 N–H and O–H groups in total. The molecule has 7 aromatic carbocycles. The van der Waals surface area contributed by atoms with Gasteiger partial charge in [-0.05, 0) is 22.8 Å². The van der Waals surface area contributed by atoms with E-state index in [1.165, 1.54) is 0 Å². The molecular weight excluding hydrogens is 673 g/mol. The number of rotatable bonds is 7. The van der Waals surface area contributed by atoms with Crippen molar-refractivity contribution in [3.63, 3.8) is 0 Å². The highest BCUT2D eigenvalue weighted by atomic mass is 15.1. The Hall–Kier alpha value is -7.57. The summed E-state index contributed by atoms with van der Waals surface area (Å²) in [5.74, 6) is 3.41. The van der Waals surface area contributed by atoms with Crippen molar-refractivity contribution in [2.45, 2.75) is 0 Å². The lowest BCUT2D eigenvalue weighted by atomic mass is 10.0. The van der Waals surface area contributed by atoms with Crippen molar-refractivity contribution in [3.05, 3.63) is 194 Å². The van der Waals surface area contributed by atoms with Crippen LogP contribution in [0.25, 0.3) is 95.7 Å². The molecule has 0 aliphatic heterocycles. The van der Waals surface area contributed by atoms with E-state index in [0.717, 1.165) is 72.4 Å². The Labute approximate surface area is 318 Å². The van der Waals surface area contributed by atoms with Gasteiger partial charge in [-0.3, -0.25) is 4.40 Å². The number of benzene rings is 7. The second-order valence-corrected chi connectivity index (χ2v) is 13.4. The van der Waals surface area contributed by atoms with Crippen molar-refractivity contribution >= 4 is 16.4 Å². The zero-order valence-electron chi connectivity index (χ0n) is 29.7. The highest BCUT2D eigenvalue weighted by molar-refractivity contribution is 6.06. The van der Waals surface area contributed by atoms with Gasteiger partial charge in [0.2, 0.25) is 0 Å². The molecule has 0 saturated heterocycles. The van der Waals surface area contributed by atoms with Crippen LogP contribution < -0.4 is 0 Å². The maximum absolute atomic E-state index is 5.31. The standard InChI is InChI=1S/C49H32N6/c1-5-16-34(17-6-1)43-41-26-13-14-27-42(41)49-54-47(37-22-11-4-12-23-37)53-48(55(43)49)40-25-15-24-39(32-40)33-28-30-38(31-29-33)46-51-44(35-18-7-2-8-19-35)50-45(52-46)36-20-9-3-10-21-36/h1-32H. The van der Waals surface area contributed by atoms with Crippen molar-refractivity contribution in [3.8, 4) is 79.3 Å². The number of fused-ring (bicyclic) bond motifs is 3. The van der Waals surface area contributed by atoms with Crippen LogP contribution in [0, 0.1) is 0 Å². The van der Waals surface area contributed by atoms with Gasteiger partial charge in [-0.15, -0.1) is 0 Å². The molecular formula is C49H32N6. The van der Waals surface area contributed by atoms with Crippen LogP contribution in [-0.4, -0.2) is 29.3 Å². The monoisotopic (exact) mass is 704 g/mol. The summed E-state index contributed by atoms with van der Waals surface area (Å²) in [7, 11) is 0. The summed E-state index contributed by atoms with van der Waals surface area (Å²) in [5.41, 5.74) is 9.93. The van der Waals surface area contributed by atoms with E-state index in [0.29, 0.717) is 23.3 Å². The molecule has 0 aliphatic carbocycles. The minimum absolute atomic E-state index is 0.623. The molecule has 0 atom stereocenters. The summed E-state index contributed by atoms with van der Waals surface area (Å²) in [6, 6.07) is 66.3. The fraction of sp³-hybridized carbons (Fsp3) is 0. The Morgan fingerprint density at radius 1 is 0.273 bits per heavy atom. The lowest BCUT2D eigenvalue weighted by molar-refractivity contribution is 1.05. The number of aromatic nitrogens is 6. The highest BCUT2D eigenvalue weighted by Crippen LogP contribution is 2.38. The van der Waals surface area contributed by atoms with Gasteiger partial charge in [-0.25, -0.2) is 24.9 Å². The lowest BCUT2D eigenvalue weighted by Gasteiger charge is -2.13. The first kappa shape index (κ1) is 32.1. The quantitative estimate of drug-likeness (QED) is 0.165. The average Bonchev–Trinajstić information content (AvgIpc) is 3.61. The van der Waals surface area contributed by atoms with E-state index in [9.17, 15) is 0 Å². The lowest BCUT2D eigenvalue weighted by Crippen LogP contribution is -2.03. The first-order chi connectivity index (χ1) is 27.3. The predicted octanol–water partition coefficient (Wildman–Crippen LogP) is 11.7. The van der Waals surface area contributed by atoms with Crippen LogP contribution in [0.3, 0.4) is 0 Å². The van der Waals surface area contributed by atoms with Gasteiger partial charge in [0, 0.05) is 38.6 Å². The fourth-order valence-corrected chi connectivity index (χ4v) is 7.20. The molecule has 0 saturated carbocycles. The van der Waals surface area contributed by atoms with Crippen molar-refractivity contribution in [2.75, 3.05) is 0 Å². The van der Waals surface area contributed by atoms with Crippen molar-refractivity contribution in [2.24, 2.45) is 0 Å². The van der Waals surface area contributed by atoms with E-state index in [1.807, 2.05) is 84.9 Å². The molecule has 0 amide bonds. The van der Waals surface area contributed by atoms with Crippen LogP contribution in [0.2, 0.25) is 0 Å². The van der Waals surface area contributed by atoms with Crippen LogP contribution in [0.15, 0.2) is 194 Å². The minimum atomic E-state index is 0.623. The third-order valence-corrected chi connectivity index (χ3v) is 9.87. The first-order valence-corrected chi connectivity index (χ1v) is 18.3. The fourth-order valence-electron chi connectivity index (χ4n) is 7.20. The Morgan fingerprint density at radius 2 is 0.673 bits per heavy atom. The maximum atomic E-state index is 5.31. The normalized spacial score (nSPS) is 11.3. The third kappa shape index (κ3) is 6.02. The topological polar surface area (TPSA) is 68.9 Å². The van der Waals surface area contributed by atoms with Gasteiger partial charge in [-0.1, -0.05) is 188 Å². The highest BCUT2D eigenvalue weighted by Gasteiger charge is 2.21. The van der Waals surface area contributed by atoms with Gasteiger partial charge in [0.05, 0.1) is 5.69 Å². The summed E-state index contributed by atoms with van der Waals surface area (Å²) < 4.78 is 2.23. The second kappa shape index (κ2) is 13.8. The Kier molecular flexibility index (Phi) is 8.04. The van der Waals surface area contributed by atoms with Crippen LogP contribution >= 0.6 is 0 Å². The zero-order valence-corrected chi connectivity index (χ0v) is 29.7. The van der Waals surface area contributed by atoms with Gasteiger partial charge in [0.25, 0.3) is 0 Å². The SMILES string of the molecule is c1ccc(-c2nc(-c3ccccc3)nc(-c3ccc(-c4cccc(-c5nc(-c6ccccc6)nc6c7ccccc7c(-c7ccccc7)n56)c4)cc3)n2)cc1. The van der Waals surface area contributed by atoms with Crippen LogP contribution in [0.1, 0.15) is 0 Å². The molecule has 10 rings (SSSR count). The average molecular weight is 705 g/mol. The smallest absolute Gasteiger partial charge is 0.164 e. The molecule has 258 valence electrons. The number of hydrogen-bond donors (Lipinski definition) is 0. The van der Waals surface area contributed by atoms with E-state index in [-0.39, 0.29) is 0 Å². The van der Waals surface area contributed by atoms with E-state index in [4.69, 9.17) is 24.9 Å². The van der Waals surface area contributed by atoms with E-state index >= 15 is 0 Å². The van der Waals surface area contributed by atoms with E-state index in [1.54, 1.807) is 0 Å². The largest absolute Gasteiger partial charge is 0.277 e. The molecule has 3 aromatic heterocycles. The molecule has 3 heterocycles. The van der Waals surface area contributed by atoms with Crippen molar-refractivity contribution < 1.29 is 0 Å². The maximum Gasteiger partial charge on any atom is 0.164 e. The summed E-state index contributed by atoms with van der Waals surface area (Å²) >= 11 is 0. The molecule has 0 bridgehead atoms. The van der Waals surface area contributed by atoms with Crippen LogP contribution in [-0.2, 0) is 0 Å².